The van der Waals surface area contributed by atoms with Crippen molar-refractivity contribution in [2.45, 2.75) is 38.5 Å². The number of nitrogens with two attached hydrogens (primary N) is 1. The molecule has 0 unspecified atom stereocenters. The normalized spacial score (nSPS) is 14.4. The highest BCUT2D eigenvalue weighted by Gasteiger charge is 2.19. The van der Waals surface area contributed by atoms with E-state index in [2.05, 4.69) is 17.9 Å². The van der Waals surface area contributed by atoms with Crippen LogP contribution in [-0.4, -0.2) is 23.2 Å². The lowest BCUT2D eigenvalue weighted by Crippen LogP contribution is -2.47. The summed E-state index contributed by atoms with van der Waals surface area (Å²) in [6, 6.07) is -0.421. The lowest BCUT2D eigenvalue weighted by molar-refractivity contribution is -0.123. The minimum Gasteiger partial charge on any atom is -0.353 e. The average molecular weight is 204 g/mol. The van der Waals surface area contributed by atoms with E-state index in [4.69, 9.17) is 5.73 Å². The molecule has 0 radical (unpaired) electrons. The maximum atomic E-state index is 11.4. The first kappa shape index (κ1) is 12.8. The van der Waals surface area contributed by atoms with Gasteiger partial charge < -0.3 is 11.1 Å². The first-order chi connectivity index (χ1) is 5.74. The maximum Gasteiger partial charge on any atom is 0.237 e. The van der Waals surface area contributed by atoms with Crippen LogP contribution < -0.4 is 11.1 Å². The summed E-state index contributed by atoms with van der Waals surface area (Å²) in [7, 11) is 0. The van der Waals surface area contributed by atoms with Crippen molar-refractivity contribution in [2.75, 3.05) is 6.54 Å². The van der Waals surface area contributed by atoms with Crippen LogP contribution in [0.1, 0.15) is 27.7 Å². The fourth-order valence-corrected chi connectivity index (χ4v) is 0.803. The number of carbonyl (C=O) groups is 1. The number of amides is 1. The van der Waals surface area contributed by atoms with Crippen LogP contribution in [-0.2, 0) is 4.79 Å². The van der Waals surface area contributed by atoms with Crippen molar-refractivity contribution < 1.29 is 4.79 Å². The van der Waals surface area contributed by atoms with E-state index in [9.17, 15) is 4.79 Å². The summed E-state index contributed by atoms with van der Waals surface area (Å²) in [6.45, 7) is 8.27. The van der Waals surface area contributed by atoms with Gasteiger partial charge >= 0.3 is 0 Å². The van der Waals surface area contributed by atoms with E-state index in [1.165, 1.54) is 0 Å². The molecule has 78 valence electrons. The molecule has 1 amide bonds. The summed E-state index contributed by atoms with van der Waals surface area (Å²) in [5, 5.41) is 2.76. The highest BCUT2D eigenvalue weighted by Crippen LogP contribution is 2.09. The lowest BCUT2D eigenvalue weighted by Gasteiger charge is -2.21. The van der Waals surface area contributed by atoms with Gasteiger partial charge in [0.25, 0.3) is 0 Å². The second kappa shape index (κ2) is 4.86. The molecule has 3 N–H and O–H groups in total. The second-order valence-corrected chi connectivity index (χ2v) is 5.51. The molecule has 0 saturated carbocycles. The Balaban J connectivity index is 3.89. The third-order valence-electron chi connectivity index (χ3n) is 1.72. The first-order valence-electron chi connectivity index (χ1n) is 4.49. The maximum absolute atomic E-state index is 11.4. The van der Waals surface area contributed by atoms with Crippen LogP contribution in [0.4, 0.5) is 0 Å². The van der Waals surface area contributed by atoms with Gasteiger partial charge in [0.15, 0.2) is 0 Å². The minimum absolute atomic E-state index is 0.0999. The summed E-state index contributed by atoms with van der Waals surface area (Å²) in [4.78, 5) is 11.4. The standard InChI is InChI=1S/C9H20N2OS/c1-6(2)7(10)8(12)11-5-9(3,4)13/h6-7,13H,5,10H2,1-4H3,(H,11,12)/t7-/m1/s1. The zero-order valence-electron chi connectivity index (χ0n) is 8.79. The van der Waals surface area contributed by atoms with E-state index < -0.39 is 6.04 Å². The van der Waals surface area contributed by atoms with Crippen molar-refractivity contribution in [2.24, 2.45) is 11.7 Å². The van der Waals surface area contributed by atoms with Crippen molar-refractivity contribution >= 4 is 18.5 Å². The van der Waals surface area contributed by atoms with Crippen LogP contribution >= 0.6 is 12.6 Å². The zero-order valence-corrected chi connectivity index (χ0v) is 9.69. The molecular weight excluding hydrogens is 184 g/mol. The Hall–Kier alpha value is -0.220. The van der Waals surface area contributed by atoms with E-state index >= 15 is 0 Å². The predicted octanol–water partition coefficient (Wildman–Crippen LogP) is 0.794. The zero-order chi connectivity index (χ0) is 10.6. The molecule has 0 aliphatic rings. The molecule has 0 aromatic rings. The van der Waals surface area contributed by atoms with Gasteiger partial charge in [-0.1, -0.05) is 13.8 Å². The summed E-state index contributed by atoms with van der Waals surface area (Å²) in [6.07, 6.45) is 0. The van der Waals surface area contributed by atoms with Gasteiger partial charge in [-0.2, -0.15) is 12.6 Å². The summed E-state index contributed by atoms with van der Waals surface area (Å²) >= 11 is 4.29. The van der Waals surface area contributed by atoms with Crippen molar-refractivity contribution in [3.63, 3.8) is 0 Å². The third-order valence-corrected chi connectivity index (χ3v) is 1.87. The molecule has 0 aromatic carbocycles. The number of carbonyl (C=O) groups excluding carboxylic acids is 1. The molecule has 0 fully saturated rings. The topological polar surface area (TPSA) is 55.1 Å². The molecule has 0 aromatic heterocycles. The quantitative estimate of drug-likeness (QED) is 0.593. The van der Waals surface area contributed by atoms with Gasteiger partial charge in [-0.05, 0) is 19.8 Å². The number of hydrogen-bond acceptors (Lipinski definition) is 3. The van der Waals surface area contributed by atoms with E-state index in [0.29, 0.717) is 6.54 Å². The molecule has 0 bridgehead atoms. The Kier molecular flexibility index (Phi) is 4.78. The van der Waals surface area contributed by atoms with Gasteiger partial charge in [-0.15, -0.1) is 0 Å². The van der Waals surface area contributed by atoms with Gasteiger partial charge in [0.05, 0.1) is 6.04 Å². The Morgan fingerprint density at radius 1 is 1.54 bits per heavy atom. The minimum atomic E-state index is -0.421. The number of nitrogens with one attached hydrogen (secondary N) is 1. The second-order valence-electron chi connectivity index (χ2n) is 4.30. The van der Waals surface area contributed by atoms with Crippen molar-refractivity contribution in [3.05, 3.63) is 0 Å². The number of rotatable bonds is 4. The Bertz CT molecular complexity index is 175. The molecule has 0 heterocycles. The van der Waals surface area contributed by atoms with E-state index in [0.717, 1.165) is 0 Å². The molecule has 1 atom stereocenters. The molecular formula is C9H20N2OS. The SMILES string of the molecule is CC(C)[C@@H](N)C(=O)NCC(C)(C)S. The molecule has 13 heavy (non-hydrogen) atoms. The van der Waals surface area contributed by atoms with E-state index in [1.807, 2.05) is 27.7 Å². The predicted molar refractivity (Wildman–Crippen MR) is 58.9 cm³/mol. The van der Waals surface area contributed by atoms with Crippen molar-refractivity contribution in [3.8, 4) is 0 Å². The molecule has 0 spiro atoms. The van der Waals surface area contributed by atoms with Crippen molar-refractivity contribution in [1.29, 1.82) is 0 Å². The molecule has 3 nitrogen and oxygen atoms in total. The monoisotopic (exact) mass is 204 g/mol. The Morgan fingerprint density at radius 3 is 2.31 bits per heavy atom. The van der Waals surface area contributed by atoms with Gasteiger partial charge in [-0.3, -0.25) is 4.79 Å². The Labute approximate surface area is 85.9 Å². The Morgan fingerprint density at radius 2 is 2.00 bits per heavy atom. The van der Waals surface area contributed by atoms with Crippen LogP contribution in [0.15, 0.2) is 0 Å². The lowest BCUT2D eigenvalue weighted by atomic mass is 10.0. The highest BCUT2D eigenvalue weighted by molar-refractivity contribution is 7.81. The molecule has 0 aliphatic heterocycles. The van der Waals surface area contributed by atoms with E-state index in [-0.39, 0.29) is 16.6 Å². The molecule has 4 heteroatoms. The summed E-state index contributed by atoms with van der Waals surface area (Å²) in [5.41, 5.74) is 5.65. The van der Waals surface area contributed by atoms with Gasteiger partial charge in [0.1, 0.15) is 0 Å². The van der Waals surface area contributed by atoms with Crippen LogP contribution in [0.3, 0.4) is 0 Å². The van der Waals surface area contributed by atoms with Crippen LogP contribution in [0.2, 0.25) is 0 Å². The first-order valence-corrected chi connectivity index (χ1v) is 4.94. The van der Waals surface area contributed by atoms with Gasteiger partial charge in [-0.25, -0.2) is 0 Å². The largest absolute Gasteiger partial charge is 0.353 e. The van der Waals surface area contributed by atoms with E-state index in [1.54, 1.807) is 0 Å². The number of hydrogen-bond donors (Lipinski definition) is 3. The summed E-state index contributed by atoms with van der Waals surface area (Å²) in [5.74, 6) is 0.0696. The fourth-order valence-electron chi connectivity index (χ4n) is 0.724. The van der Waals surface area contributed by atoms with Crippen LogP contribution in [0, 0.1) is 5.92 Å². The van der Waals surface area contributed by atoms with Crippen LogP contribution in [0.5, 0.6) is 0 Å². The van der Waals surface area contributed by atoms with Gasteiger partial charge in [0, 0.05) is 11.3 Å². The molecule has 0 rings (SSSR count). The third kappa shape index (κ3) is 5.93. The highest BCUT2D eigenvalue weighted by atomic mass is 32.1. The number of thiol groups is 1. The van der Waals surface area contributed by atoms with Gasteiger partial charge in [0.2, 0.25) is 5.91 Å². The molecule has 0 saturated heterocycles. The van der Waals surface area contributed by atoms with Crippen LogP contribution in [0.25, 0.3) is 0 Å². The summed E-state index contributed by atoms with van der Waals surface area (Å²) < 4.78 is -0.188. The fraction of sp³-hybridized carbons (Fsp3) is 0.889. The smallest absolute Gasteiger partial charge is 0.237 e. The van der Waals surface area contributed by atoms with Crippen molar-refractivity contribution in [1.82, 2.24) is 5.32 Å². The average Bonchev–Trinajstić information content (AvgIpc) is 1.97. The molecule has 0 aliphatic carbocycles.